The summed E-state index contributed by atoms with van der Waals surface area (Å²) >= 11 is 0. The van der Waals surface area contributed by atoms with Gasteiger partial charge in [-0.1, -0.05) is 0 Å². The lowest BCUT2D eigenvalue weighted by Gasteiger charge is -2.31. The summed E-state index contributed by atoms with van der Waals surface area (Å²) in [5, 5.41) is 9.13. The molecule has 0 radical (unpaired) electrons. The zero-order valence-electron chi connectivity index (χ0n) is 13.3. The van der Waals surface area contributed by atoms with Gasteiger partial charge in [-0.15, -0.1) is 0 Å². The Balaban J connectivity index is 2.18. The molecule has 0 aliphatic carbocycles. The second kappa shape index (κ2) is 6.20. The van der Waals surface area contributed by atoms with Gasteiger partial charge in [-0.2, -0.15) is 0 Å². The van der Waals surface area contributed by atoms with Gasteiger partial charge in [0.2, 0.25) is 5.43 Å². The van der Waals surface area contributed by atoms with Crippen LogP contribution >= 0.6 is 0 Å². The van der Waals surface area contributed by atoms with E-state index in [0.29, 0.717) is 25.3 Å². The van der Waals surface area contributed by atoms with E-state index in [1.165, 1.54) is 6.20 Å². The first-order valence-corrected chi connectivity index (χ1v) is 7.90. The molecule has 3 heterocycles. The minimum Gasteiger partial charge on any atom is -0.477 e. The Kier molecular flexibility index (Phi) is 4.23. The number of nitrogens with zero attached hydrogens (tertiary/aromatic N) is 3. The van der Waals surface area contributed by atoms with Crippen LogP contribution in [0.3, 0.4) is 0 Å². The summed E-state index contributed by atoms with van der Waals surface area (Å²) in [6.45, 7) is 3.42. The van der Waals surface area contributed by atoms with Gasteiger partial charge in [0.25, 0.3) is 0 Å². The Morgan fingerprint density at radius 3 is 2.71 bits per heavy atom. The summed E-state index contributed by atoms with van der Waals surface area (Å²) in [5.41, 5.74) is 5.05. The molecule has 0 unspecified atom stereocenters. The second-order valence-electron chi connectivity index (χ2n) is 5.95. The molecular formula is C16H19FN4O3. The maximum Gasteiger partial charge on any atom is 0.341 e. The molecule has 1 aliphatic heterocycles. The van der Waals surface area contributed by atoms with Crippen LogP contribution in [0.1, 0.15) is 30.1 Å². The van der Waals surface area contributed by atoms with E-state index in [0.717, 1.165) is 18.9 Å². The van der Waals surface area contributed by atoms with Crippen molar-refractivity contribution in [3.8, 4) is 0 Å². The van der Waals surface area contributed by atoms with Crippen LogP contribution in [0.15, 0.2) is 17.1 Å². The number of halogens is 1. The van der Waals surface area contributed by atoms with Crippen molar-refractivity contribution in [2.75, 3.05) is 18.0 Å². The van der Waals surface area contributed by atoms with Gasteiger partial charge in [0.1, 0.15) is 11.2 Å². The summed E-state index contributed by atoms with van der Waals surface area (Å²) in [4.78, 5) is 29.7. The van der Waals surface area contributed by atoms with E-state index in [2.05, 4.69) is 4.98 Å². The van der Waals surface area contributed by atoms with Gasteiger partial charge in [0.05, 0.1) is 5.39 Å². The predicted octanol–water partition coefficient (Wildman–Crippen LogP) is 1.18. The number of piperidine rings is 1. The highest BCUT2D eigenvalue weighted by Crippen LogP contribution is 2.24. The minimum atomic E-state index is -1.33. The highest BCUT2D eigenvalue weighted by Gasteiger charge is 2.23. The van der Waals surface area contributed by atoms with Crippen molar-refractivity contribution < 1.29 is 14.3 Å². The van der Waals surface area contributed by atoms with Gasteiger partial charge < -0.3 is 20.3 Å². The van der Waals surface area contributed by atoms with Gasteiger partial charge in [-0.3, -0.25) is 4.79 Å². The molecular weight excluding hydrogens is 315 g/mol. The van der Waals surface area contributed by atoms with Gasteiger partial charge in [-0.05, 0) is 25.8 Å². The van der Waals surface area contributed by atoms with Crippen molar-refractivity contribution in [3.63, 3.8) is 0 Å². The fraction of sp³-hybridized carbons (Fsp3) is 0.438. The number of fused-ring (bicyclic) bond motifs is 1. The number of carboxylic acid groups (broad SMARTS) is 1. The average Bonchev–Trinajstić information content (AvgIpc) is 2.56. The van der Waals surface area contributed by atoms with Gasteiger partial charge in [0.15, 0.2) is 11.6 Å². The van der Waals surface area contributed by atoms with E-state index in [1.54, 1.807) is 11.5 Å². The summed E-state index contributed by atoms with van der Waals surface area (Å²) in [7, 11) is 0. The number of aromatic nitrogens is 2. The molecule has 7 nitrogen and oxygen atoms in total. The number of nitrogens with two attached hydrogens (primary N) is 1. The number of carbonyl (C=O) groups is 1. The lowest BCUT2D eigenvalue weighted by atomic mass is 10.1. The Morgan fingerprint density at radius 1 is 1.46 bits per heavy atom. The molecule has 0 amide bonds. The first-order valence-electron chi connectivity index (χ1n) is 7.90. The summed E-state index contributed by atoms with van der Waals surface area (Å²) in [6.07, 6.45) is 2.75. The third-order valence-corrected chi connectivity index (χ3v) is 4.39. The van der Waals surface area contributed by atoms with E-state index >= 15 is 0 Å². The molecule has 0 spiro atoms. The lowest BCUT2D eigenvalue weighted by Crippen LogP contribution is -2.40. The van der Waals surface area contributed by atoms with Crippen molar-refractivity contribution in [1.29, 1.82) is 0 Å². The van der Waals surface area contributed by atoms with Crippen molar-refractivity contribution in [2.24, 2.45) is 5.73 Å². The summed E-state index contributed by atoms with van der Waals surface area (Å²) < 4.78 is 16.1. The Hall–Kier alpha value is -2.48. The van der Waals surface area contributed by atoms with Crippen LogP contribution in [-0.2, 0) is 6.54 Å². The standard InChI is InChI=1S/C16H19FN4O3/c1-2-20-8-11(16(23)24)13(22)10-7-12(17)15(19-14(10)20)21-5-3-9(18)4-6-21/h7-9H,2-6,18H2,1H3,(H,23,24). The van der Waals surface area contributed by atoms with Crippen LogP contribution in [0.25, 0.3) is 11.0 Å². The monoisotopic (exact) mass is 334 g/mol. The second-order valence-corrected chi connectivity index (χ2v) is 5.95. The van der Waals surface area contributed by atoms with E-state index in [-0.39, 0.29) is 22.8 Å². The molecule has 1 aliphatic rings. The number of rotatable bonds is 3. The Labute approximate surface area is 137 Å². The first-order chi connectivity index (χ1) is 11.4. The van der Waals surface area contributed by atoms with E-state index in [4.69, 9.17) is 10.8 Å². The molecule has 3 rings (SSSR count). The van der Waals surface area contributed by atoms with Gasteiger partial charge >= 0.3 is 5.97 Å². The third-order valence-electron chi connectivity index (χ3n) is 4.39. The number of anilines is 1. The average molecular weight is 334 g/mol. The number of carboxylic acids is 1. The Morgan fingerprint density at radius 2 is 2.12 bits per heavy atom. The van der Waals surface area contributed by atoms with Crippen LogP contribution in [0, 0.1) is 5.82 Å². The molecule has 1 fully saturated rings. The molecule has 0 aromatic carbocycles. The molecule has 0 saturated carbocycles. The molecule has 0 bridgehead atoms. The molecule has 128 valence electrons. The first kappa shape index (κ1) is 16.4. The maximum atomic E-state index is 14.5. The van der Waals surface area contributed by atoms with Gasteiger partial charge in [0, 0.05) is 31.9 Å². The van der Waals surface area contributed by atoms with Crippen LogP contribution in [-0.4, -0.2) is 39.8 Å². The van der Waals surface area contributed by atoms with Crippen LogP contribution in [0.5, 0.6) is 0 Å². The normalized spacial score (nSPS) is 15.9. The molecule has 2 aromatic heterocycles. The van der Waals surface area contributed by atoms with E-state index in [9.17, 15) is 14.0 Å². The molecule has 0 atom stereocenters. The van der Waals surface area contributed by atoms with Crippen molar-refractivity contribution >= 4 is 22.8 Å². The largest absolute Gasteiger partial charge is 0.477 e. The van der Waals surface area contributed by atoms with E-state index < -0.39 is 17.2 Å². The topological polar surface area (TPSA) is 101 Å². The minimum absolute atomic E-state index is 0.0216. The van der Waals surface area contributed by atoms with Crippen molar-refractivity contribution in [1.82, 2.24) is 9.55 Å². The number of aromatic carboxylic acids is 1. The number of hydrogen-bond donors (Lipinski definition) is 2. The molecule has 3 N–H and O–H groups in total. The Bertz CT molecular complexity index is 857. The van der Waals surface area contributed by atoms with Gasteiger partial charge in [-0.25, -0.2) is 14.2 Å². The zero-order valence-corrected chi connectivity index (χ0v) is 13.3. The summed E-state index contributed by atoms with van der Waals surface area (Å²) in [6, 6.07) is 1.20. The zero-order chi connectivity index (χ0) is 17.4. The highest BCUT2D eigenvalue weighted by molar-refractivity contribution is 5.92. The van der Waals surface area contributed by atoms with Crippen LogP contribution in [0.2, 0.25) is 0 Å². The molecule has 1 saturated heterocycles. The number of pyridine rings is 2. The number of hydrogen-bond acceptors (Lipinski definition) is 5. The predicted molar refractivity (Wildman–Crippen MR) is 88.0 cm³/mol. The highest BCUT2D eigenvalue weighted by atomic mass is 19.1. The SMILES string of the molecule is CCn1cc(C(=O)O)c(=O)c2cc(F)c(N3CCC(N)CC3)nc21. The van der Waals surface area contributed by atoms with Crippen LogP contribution < -0.4 is 16.1 Å². The maximum absolute atomic E-state index is 14.5. The van der Waals surface area contributed by atoms with E-state index in [1.807, 2.05) is 4.90 Å². The van der Waals surface area contributed by atoms with Crippen molar-refractivity contribution in [2.45, 2.75) is 32.4 Å². The van der Waals surface area contributed by atoms with Crippen LogP contribution in [0.4, 0.5) is 10.2 Å². The number of aryl methyl sites for hydroxylation is 1. The lowest BCUT2D eigenvalue weighted by molar-refractivity contribution is 0.0695. The third kappa shape index (κ3) is 2.73. The molecule has 2 aromatic rings. The smallest absolute Gasteiger partial charge is 0.341 e. The van der Waals surface area contributed by atoms with Crippen molar-refractivity contribution in [3.05, 3.63) is 33.9 Å². The fourth-order valence-corrected chi connectivity index (χ4v) is 3.00. The fourth-order valence-electron chi connectivity index (χ4n) is 3.00. The molecule has 24 heavy (non-hydrogen) atoms. The quantitative estimate of drug-likeness (QED) is 0.874. The summed E-state index contributed by atoms with van der Waals surface area (Å²) in [5.74, 6) is -1.78. The molecule has 8 heteroatoms.